The molecule has 3 aromatic rings. The van der Waals surface area contributed by atoms with Crippen molar-refractivity contribution in [3.8, 4) is 17.1 Å². The summed E-state index contributed by atoms with van der Waals surface area (Å²) in [6.07, 6.45) is 3.82. The molecule has 1 unspecified atom stereocenters. The SMILES string of the molecule is Cc1ccc(-c2nc(/C=C3/SC(=S)N(CC4CCCO4)C3=O)n(-c3ccccc3)n2)cc1. The lowest BCUT2D eigenvalue weighted by molar-refractivity contribution is -0.123. The van der Waals surface area contributed by atoms with Crippen LogP contribution in [0.2, 0.25) is 0 Å². The highest BCUT2D eigenvalue weighted by molar-refractivity contribution is 8.26. The smallest absolute Gasteiger partial charge is 0.266 e. The second-order valence-corrected chi connectivity index (χ2v) is 9.51. The number of carbonyl (C=O) groups excluding carboxylic acids is 1. The lowest BCUT2D eigenvalue weighted by Gasteiger charge is -2.18. The van der Waals surface area contributed by atoms with Gasteiger partial charge in [-0.2, -0.15) is 0 Å². The number of thioether (sulfide) groups is 1. The van der Waals surface area contributed by atoms with Gasteiger partial charge in [-0.05, 0) is 31.9 Å². The number of aromatic nitrogens is 3. The Kier molecular flexibility index (Phi) is 5.91. The normalized spacial score (nSPS) is 20.0. The fourth-order valence-electron chi connectivity index (χ4n) is 3.77. The van der Waals surface area contributed by atoms with Gasteiger partial charge in [0.15, 0.2) is 11.6 Å². The molecule has 0 bridgehead atoms. The molecule has 1 aromatic heterocycles. The fraction of sp³-hybridized carbons (Fsp3) is 0.250. The third-order valence-corrected chi connectivity index (χ3v) is 6.86. The molecule has 32 heavy (non-hydrogen) atoms. The molecule has 0 saturated carbocycles. The van der Waals surface area contributed by atoms with Crippen LogP contribution < -0.4 is 0 Å². The van der Waals surface area contributed by atoms with Gasteiger partial charge in [0.25, 0.3) is 5.91 Å². The van der Waals surface area contributed by atoms with Gasteiger partial charge in [-0.3, -0.25) is 9.69 Å². The summed E-state index contributed by atoms with van der Waals surface area (Å²) in [5, 5.41) is 4.74. The van der Waals surface area contributed by atoms with E-state index in [1.165, 1.54) is 17.3 Å². The second kappa shape index (κ2) is 8.97. The Bertz CT molecular complexity index is 1180. The van der Waals surface area contributed by atoms with Crippen molar-refractivity contribution in [3.05, 3.63) is 70.9 Å². The minimum absolute atomic E-state index is 0.0537. The van der Waals surface area contributed by atoms with Crippen molar-refractivity contribution in [3.63, 3.8) is 0 Å². The zero-order chi connectivity index (χ0) is 22.1. The second-order valence-electron chi connectivity index (χ2n) is 7.83. The Labute approximate surface area is 196 Å². The fourth-order valence-corrected chi connectivity index (χ4v) is 5.01. The maximum absolute atomic E-state index is 13.1. The Morgan fingerprint density at radius 1 is 1.19 bits per heavy atom. The predicted octanol–water partition coefficient (Wildman–Crippen LogP) is 4.62. The number of ether oxygens (including phenoxy) is 1. The predicted molar refractivity (Wildman–Crippen MR) is 130 cm³/mol. The zero-order valence-electron chi connectivity index (χ0n) is 17.6. The van der Waals surface area contributed by atoms with Crippen molar-refractivity contribution in [2.24, 2.45) is 0 Å². The van der Waals surface area contributed by atoms with Crippen LogP contribution in [0.25, 0.3) is 23.2 Å². The van der Waals surface area contributed by atoms with Crippen LogP contribution in [-0.2, 0) is 9.53 Å². The third kappa shape index (κ3) is 4.26. The topological polar surface area (TPSA) is 60.3 Å². The largest absolute Gasteiger partial charge is 0.376 e. The summed E-state index contributed by atoms with van der Waals surface area (Å²) in [4.78, 5) is 20.1. The van der Waals surface area contributed by atoms with Crippen molar-refractivity contribution in [1.82, 2.24) is 19.7 Å². The standard InChI is InChI=1S/C24H22N4O2S2/c1-16-9-11-17(12-10-16)22-25-21(28(26-22)18-6-3-2-4-7-18)14-20-23(29)27(24(31)32-20)15-19-8-5-13-30-19/h2-4,6-7,9-12,14,19H,5,8,13,15H2,1H3/b20-14+. The number of aryl methyl sites for hydroxylation is 1. The summed E-state index contributed by atoms with van der Waals surface area (Å²) in [5.74, 6) is 1.09. The molecule has 0 aliphatic carbocycles. The van der Waals surface area contributed by atoms with Crippen LogP contribution in [0, 0.1) is 6.92 Å². The van der Waals surface area contributed by atoms with Crippen LogP contribution in [-0.4, -0.2) is 49.1 Å². The van der Waals surface area contributed by atoms with E-state index in [0.29, 0.717) is 27.4 Å². The summed E-state index contributed by atoms with van der Waals surface area (Å²) in [6, 6.07) is 17.9. The number of thiocarbonyl (C=S) groups is 1. The average Bonchev–Trinajstić information content (AvgIpc) is 3.53. The van der Waals surface area contributed by atoms with E-state index < -0.39 is 0 Å². The Morgan fingerprint density at radius 3 is 2.69 bits per heavy atom. The molecule has 2 aromatic carbocycles. The monoisotopic (exact) mass is 462 g/mol. The molecule has 162 valence electrons. The number of amides is 1. The number of hydrogen-bond acceptors (Lipinski definition) is 6. The minimum atomic E-state index is -0.102. The molecule has 3 heterocycles. The first-order valence-electron chi connectivity index (χ1n) is 10.5. The molecule has 2 fully saturated rings. The van der Waals surface area contributed by atoms with E-state index in [1.54, 1.807) is 15.7 Å². The van der Waals surface area contributed by atoms with Crippen molar-refractivity contribution < 1.29 is 9.53 Å². The number of rotatable bonds is 5. The van der Waals surface area contributed by atoms with Crippen LogP contribution in [0.1, 0.15) is 24.2 Å². The van der Waals surface area contributed by atoms with Gasteiger partial charge in [0.05, 0.1) is 23.2 Å². The van der Waals surface area contributed by atoms with Gasteiger partial charge < -0.3 is 4.74 Å². The van der Waals surface area contributed by atoms with Gasteiger partial charge in [0.2, 0.25) is 0 Å². The first kappa shape index (κ1) is 21.1. The summed E-state index contributed by atoms with van der Waals surface area (Å²) >= 11 is 6.80. The molecule has 5 rings (SSSR count). The van der Waals surface area contributed by atoms with Gasteiger partial charge in [-0.1, -0.05) is 72.0 Å². The van der Waals surface area contributed by atoms with Crippen LogP contribution in [0.3, 0.4) is 0 Å². The number of nitrogens with zero attached hydrogens (tertiary/aromatic N) is 4. The highest BCUT2D eigenvalue weighted by Crippen LogP contribution is 2.34. The molecule has 2 aliphatic heterocycles. The lowest BCUT2D eigenvalue weighted by Crippen LogP contribution is -2.35. The molecule has 6 nitrogen and oxygen atoms in total. The molecule has 1 atom stereocenters. The highest BCUT2D eigenvalue weighted by atomic mass is 32.2. The van der Waals surface area contributed by atoms with E-state index in [9.17, 15) is 4.79 Å². The molecular weight excluding hydrogens is 440 g/mol. The van der Waals surface area contributed by atoms with Gasteiger partial charge >= 0.3 is 0 Å². The van der Waals surface area contributed by atoms with Gasteiger partial charge in [0.1, 0.15) is 4.32 Å². The number of carbonyl (C=O) groups is 1. The molecular formula is C24H22N4O2S2. The van der Waals surface area contributed by atoms with Crippen molar-refractivity contribution in [1.29, 1.82) is 0 Å². The quantitative estimate of drug-likeness (QED) is 0.407. The summed E-state index contributed by atoms with van der Waals surface area (Å²) < 4.78 is 8.02. The van der Waals surface area contributed by atoms with Crippen molar-refractivity contribution in [2.45, 2.75) is 25.9 Å². The molecule has 2 saturated heterocycles. The summed E-state index contributed by atoms with van der Waals surface area (Å²) in [7, 11) is 0. The Hall–Kier alpha value is -2.81. The van der Waals surface area contributed by atoms with E-state index >= 15 is 0 Å². The van der Waals surface area contributed by atoms with E-state index in [4.69, 9.17) is 27.0 Å². The maximum Gasteiger partial charge on any atom is 0.266 e. The number of hydrogen-bond donors (Lipinski definition) is 0. The van der Waals surface area contributed by atoms with E-state index in [-0.39, 0.29) is 12.0 Å². The first-order valence-corrected chi connectivity index (χ1v) is 11.8. The Morgan fingerprint density at radius 2 is 1.97 bits per heavy atom. The number of benzene rings is 2. The average molecular weight is 463 g/mol. The third-order valence-electron chi connectivity index (χ3n) is 5.49. The lowest BCUT2D eigenvalue weighted by atomic mass is 10.1. The van der Waals surface area contributed by atoms with Crippen LogP contribution in [0.5, 0.6) is 0 Å². The van der Waals surface area contributed by atoms with Crippen LogP contribution in [0.15, 0.2) is 59.5 Å². The van der Waals surface area contributed by atoms with Gasteiger partial charge in [-0.25, -0.2) is 9.67 Å². The van der Waals surface area contributed by atoms with Crippen LogP contribution >= 0.6 is 24.0 Å². The molecule has 0 spiro atoms. The molecule has 0 N–H and O–H groups in total. The molecule has 0 radical (unpaired) electrons. The van der Waals surface area contributed by atoms with E-state index in [1.807, 2.05) is 61.5 Å². The van der Waals surface area contributed by atoms with Gasteiger partial charge in [0, 0.05) is 18.2 Å². The molecule has 2 aliphatic rings. The number of para-hydroxylation sites is 1. The van der Waals surface area contributed by atoms with E-state index in [2.05, 4.69) is 0 Å². The first-order chi connectivity index (χ1) is 15.6. The zero-order valence-corrected chi connectivity index (χ0v) is 19.2. The minimum Gasteiger partial charge on any atom is -0.376 e. The van der Waals surface area contributed by atoms with Gasteiger partial charge in [-0.15, -0.1) is 5.10 Å². The van der Waals surface area contributed by atoms with Crippen molar-refractivity contribution in [2.75, 3.05) is 13.2 Å². The van der Waals surface area contributed by atoms with E-state index in [0.717, 1.165) is 30.7 Å². The summed E-state index contributed by atoms with van der Waals surface area (Å²) in [6.45, 7) is 3.29. The summed E-state index contributed by atoms with van der Waals surface area (Å²) in [5.41, 5.74) is 2.97. The van der Waals surface area contributed by atoms with Crippen molar-refractivity contribution >= 4 is 40.3 Å². The molecule has 1 amide bonds. The highest BCUT2D eigenvalue weighted by Gasteiger charge is 2.35. The Balaban J connectivity index is 1.50. The maximum atomic E-state index is 13.1. The van der Waals surface area contributed by atoms with Crippen LogP contribution in [0.4, 0.5) is 0 Å². The molecule has 8 heteroatoms.